The number of amides is 1. The summed E-state index contributed by atoms with van der Waals surface area (Å²) in [6, 6.07) is 9.15. The van der Waals surface area contributed by atoms with Crippen molar-refractivity contribution in [1.29, 1.82) is 0 Å². The van der Waals surface area contributed by atoms with Crippen LogP contribution in [0.4, 0.5) is 0 Å². The lowest BCUT2D eigenvalue weighted by Crippen LogP contribution is -2.36. The monoisotopic (exact) mass is 328 g/mol. The Bertz CT molecular complexity index is 707. The summed E-state index contributed by atoms with van der Waals surface area (Å²) in [5, 5.41) is 5.14. The first-order valence-corrected chi connectivity index (χ1v) is 7.06. The Labute approximate surface area is 138 Å². The molecular formula is C17H16N2O5. The van der Waals surface area contributed by atoms with Gasteiger partial charge in [-0.25, -0.2) is 9.59 Å². The molecule has 7 nitrogen and oxygen atoms in total. The van der Waals surface area contributed by atoms with E-state index in [9.17, 15) is 14.4 Å². The van der Waals surface area contributed by atoms with E-state index in [4.69, 9.17) is 9.47 Å². The molecule has 124 valence electrons. The van der Waals surface area contributed by atoms with E-state index in [0.717, 1.165) is 17.7 Å². The first-order valence-electron chi connectivity index (χ1n) is 7.06. The molecule has 1 amide bonds. The molecule has 0 unspecified atom stereocenters. The fourth-order valence-electron chi connectivity index (χ4n) is 1.71. The van der Waals surface area contributed by atoms with Gasteiger partial charge in [-0.1, -0.05) is 36.9 Å². The molecule has 0 fully saturated rings. The van der Waals surface area contributed by atoms with Crippen molar-refractivity contribution in [3.05, 3.63) is 72.2 Å². The van der Waals surface area contributed by atoms with Crippen LogP contribution >= 0.6 is 0 Å². The van der Waals surface area contributed by atoms with Crippen molar-refractivity contribution in [1.82, 2.24) is 10.6 Å². The fraction of sp³-hybridized carbons (Fsp3) is 0.118. The maximum absolute atomic E-state index is 11.5. The highest BCUT2D eigenvalue weighted by Crippen LogP contribution is 2.03. The van der Waals surface area contributed by atoms with Gasteiger partial charge in [-0.05, 0) is 5.56 Å². The van der Waals surface area contributed by atoms with Crippen LogP contribution < -0.4 is 10.6 Å². The van der Waals surface area contributed by atoms with Crippen LogP contribution in [0.5, 0.6) is 0 Å². The largest absolute Gasteiger partial charge is 0.458 e. The van der Waals surface area contributed by atoms with Crippen molar-refractivity contribution >= 4 is 17.8 Å². The van der Waals surface area contributed by atoms with E-state index in [1.165, 1.54) is 6.20 Å². The molecule has 1 aromatic rings. The normalized spacial score (nSPS) is 13.8. The predicted octanol–water partition coefficient (Wildman–Crippen LogP) is 0.904. The number of nitrogens with one attached hydrogen (secondary N) is 2. The average molecular weight is 328 g/mol. The van der Waals surface area contributed by atoms with Crippen LogP contribution in [0.25, 0.3) is 0 Å². The molecule has 0 bridgehead atoms. The highest BCUT2D eigenvalue weighted by atomic mass is 16.5. The number of hydrogen-bond donors (Lipinski definition) is 2. The van der Waals surface area contributed by atoms with Gasteiger partial charge in [-0.15, -0.1) is 0 Å². The SMILES string of the molecule is C=C1NC=C(COC(=O)/C=C/C(=O)OCc2ccccc2)C(=O)N1. The summed E-state index contributed by atoms with van der Waals surface area (Å²) in [5.74, 6) is -1.48. The summed E-state index contributed by atoms with van der Waals surface area (Å²) >= 11 is 0. The maximum Gasteiger partial charge on any atom is 0.331 e. The molecule has 1 heterocycles. The Morgan fingerprint density at radius 1 is 1.04 bits per heavy atom. The van der Waals surface area contributed by atoms with E-state index in [1.807, 2.05) is 30.3 Å². The first kappa shape index (κ1) is 17.0. The molecule has 2 N–H and O–H groups in total. The van der Waals surface area contributed by atoms with Crippen LogP contribution in [0.3, 0.4) is 0 Å². The molecular weight excluding hydrogens is 312 g/mol. The van der Waals surface area contributed by atoms with Gasteiger partial charge in [0.25, 0.3) is 5.91 Å². The minimum absolute atomic E-state index is 0.113. The molecule has 0 saturated heterocycles. The maximum atomic E-state index is 11.5. The highest BCUT2D eigenvalue weighted by Gasteiger charge is 2.16. The number of esters is 2. The van der Waals surface area contributed by atoms with Crippen LogP contribution in [-0.2, 0) is 30.5 Å². The van der Waals surface area contributed by atoms with Crippen molar-refractivity contribution in [2.24, 2.45) is 0 Å². The molecule has 1 aliphatic rings. The second-order valence-electron chi connectivity index (χ2n) is 4.78. The number of benzene rings is 1. The lowest BCUT2D eigenvalue weighted by atomic mass is 10.2. The predicted molar refractivity (Wildman–Crippen MR) is 84.8 cm³/mol. The topological polar surface area (TPSA) is 93.7 Å². The van der Waals surface area contributed by atoms with Gasteiger partial charge in [-0.3, -0.25) is 4.79 Å². The summed E-state index contributed by atoms with van der Waals surface area (Å²) in [7, 11) is 0. The molecule has 0 spiro atoms. The van der Waals surface area contributed by atoms with Crippen LogP contribution in [-0.4, -0.2) is 24.5 Å². The number of rotatable bonds is 6. The lowest BCUT2D eigenvalue weighted by Gasteiger charge is -2.16. The lowest BCUT2D eigenvalue weighted by molar-refractivity contribution is -0.141. The molecule has 0 aliphatic carbocycles. The van der Waals surface area contributed by atoms with Crippen LogP contribution in [0.2, 0.25) is 0 Å². The van der Waals surface area contributed by atoms with Crippen molar-refractivity contribution in [2.75, 3.05) is 6.61 Å². The highest BCUT2D eigenvalue weighted by molar-refractivity contribution is 5.96. The van der Waals surface area contributed by atoms with Crippen molar-refractivity contribution in [2.45, 2.75) is 6.61 Å². The zero-order chi connectivity index (χ0) is 17.4. The summed E-state index contributed by atoms with van der Waals surface area (Å²) in [4.78, 5) is 34.6. The Hall–Kier alpha value is -3.35. The van der Waals surface area contributed by atoms with Gasteiger partial charge in [0.15, 0.2) is 0 Å². The summed E-state index contributed by atoms with van der Waals surface area (Å²) in [6.45, 7) is 3.41. The number of carbonyl (C=O) groups is 3. The van der Waals surface area contributed by atoms with Crippen molar-refractivity contribution in [3.63, 3.8) is 0 Å². The number of hydrogen-bond acceptors (Lipinski definition) is 6. The minimum Gasteiger partial charge on any atom is -0.458 e. The molecule has 7 heteroatoms. The molecule has 0 saturated carbocycles. The number of carbonyl (C=O) groups excluding carboxylic acids is 3. The van der Waals surface area contributed by atoms with Crippen molar-refractivity contribution < 1.29 is 23.9 Å². The van der Waals surface area contributed by atoms with Gasteiger partial charge in [-0.2, -0.15) is 0 Å². The van der Waals surface area contributed by atoms with Crippen LogP contribution in [0.1, 0.15) is 5.56 Å². The molecule has 2 rings (SSSR count). The van der Waals surface area contributed by atoms with Gasteiger partial charge >= 0.3 is 11.9 Å². The van der Waals surface area contributed by atoms with E-state index in [1.54, 1.807) is 0 Å². The Morgan fingerprint density at radius 2 is 1.67 bits per heavy atom. The van der Waals surface area contributed by atoms with Crippen LogP contribution in [0, 0.1) is 0 Å². The molecule has 24 heavy (non-hydrogen) atoms. The van der Waals surface area contributed by atoms with E-state index in [2.05, 4.69) is 17.2 Å². The third kappa shape index (κ3) is 5.45. The fourth-order valence-corrected chi connectivity index (χ4v) is 1.71. The standard InChI is InChI=1S/C17H16N2O5/c1-12-18-9-14(17(22)19-12)11-24-16(21)8-7-15(20)23-10-13-5-3-2-4-6-13/h2-9,18H,1,10-11H2,(H,19,22)/b8-7+. The van der Waals surface area contributed by atoms with Gasteiger partial charge < -0.3 is 20.1 Å². The zero-order valence-electron chi connectivity index (χ0n) is 12.8. The second-order valence-corrected chi connectivity index (χ2v) is 4.78. The van der Waals surface area contributed by atoms with E-state index in [-0.39, 0.29) is 18.8 Å². The molecule has 0 atom stereocenters. The zero-order valence-corrected chi connectivity index (χ0v) is 12.8. The minimum atomic E-state index is -0.759. The van der Waals surface area contributed by atoms with Gasteiger partial charge in [0.1, 0.15) is 19.0 Å². The second kappa shape index (κ2) is 8.33. The smallest absolute Gasteiger partial charge is 0.331 e. The third-order valence-corrected chi connectivity index (χ3v) is 2.93. The van der Waals surface area contributed by atoms with Crippen LogP contribution in [0.15, 0.2) is 66.7 Å². The number of ether oxygens (including phenoxy) is 2. The summed E-state index contributed by atoms with van der Waals surface area (Å²) in [6.07, 6.45) is 3.31. The average Bonchev–Trinajstić information content (AvgIpc) is 2.58. The Balaban J connectivity index is 1.73. The molecule has 0 radical (unpaired) electrons. The van der Waals surface area contributed by atoms with Crippen molar-refractivity contribution in [3.8, 4) is 0 Å². The van der Waals surface area contributed by atoms with E-state index in [0.29, 0.717) is 5.82 Å². The first-order chi connectivity index (χ1) is 11.5. The van der Waals surface area contributed by atoms with Gasteiger partial charge in [0, 0.05) is 18.4 Å². The third-order valence-electron chi connectivity index (χ3n) is 2.93. The van der Waals surface area contributed by atoms with E-state index < -0.39 is 17.8 Å². The molecule has 0 aromatic heterocycles. The quantitative estimate of drug-likeness (QED) is 0.595. The summed E-state index contributed by atoms with van der Waals surface area (Å²) in [5.41, 5.74) is 1.07. The Morgan fingerprint density at radius 3 is 2.29 bits per heavy atom. The Kier molecular flexibility index (Phi) is 5.90. The van der Waals surface area contributed by atoms with E-state index >= 15 is 0 Å². The van der Waals surface area contributed by atoms with Gasteiger partial charge in [0.2, 0.25) is 0 Å². The summed E-state index contributed by atoms with van der Waals surface area (Å²) < 4.78 is 9.84. The molecule has 1 aromatic carbocycles. The van der Waals surface area contributed by atoms with Gasteiger partial charge in [0.05, 0.1) is 5.57 Å². The molecule has 1 aliphatic heterocycles.